The van der Waals surface area contributed by atoms with Gasteiger partial charge in [-0.2, -0.15) is 0 Å². The van der Waals surface area contributed by atoms with Crippen molar-refractivity contribution >= 4 is 5.97 Å². The molecular formula is C14H12F2O4. The molecule has 2 rings (SSSR count). The molecule has 1 aromatic heterocycles. The van der Waals surface area contributed by atoms with Gasteiger partial charge in [0, 0.05) is 18.2 Å². The van der Waals surface area contributed by atoms with E-state index in [-0.39, 0.29) is 11.5 Å². The van der Waals surface area contributed by atoms with E-state index in [1.165, 1.54) is 19.2 Å². The molecule has 0 aliphatic carbocycles. The zero-order chi connectivity index (χ0) is 14.7. The Morgan fingerprint density at radius 2 is 1.85 bits per heavy atom. The topological polar surface area (TPSA) is 48.7 Å². The van der Waals surface area contributed by atoms with E-state index in [1.807, 2.05) is 0 Å². The van der Waals surface area contributed by atoms with Gasteiger partial charge in [-0.25, -0.2) is 13.6 Å². The van der Waals surface area contributed by atoms with Crippen molar-refractivity contribution in [1.29, 1.82) is 0 Å². The van der Waals surface area contributed by atoms with Crippen LogP contribution in [0.4, 0.5) is 8.78 Å². The van der Waals surface area contributed by atoms with Crippen molar-refractivity contribution in [2.45, 2.75) is 13.0 Å². The van der Waals surface area contributed by atoms with E-state index < -0.39 is 23.7 Å². The lowest BCUT2D eigenvalue weighted by Gasteiger charge is -2.12. The summed E-state index contributed by atoms with van der Waals surface area (Å²) in [7, 11) is 1.24. The van der Waals surface area contributed by atoms with Gasteiger partial charge in [-0.3, -0.25) is 0 Å². The molecule has 2 aromatic rings. The predicted molar refractivity (Wildman–Crippen MR) is 65.4 cm³/mol. The van der Waals surface area contributed by atoms with Gasteiger partial charge in [0.15, 0.2) is 6.10 Å². The fourth-order valence-corrected chi connectivity index (χ4v) is 1.64. The highest BCUT2D eigenvalue weighted by atomic mass is 19.1. The van der Waals surface area contributed by atoms with Crippen molar-refractivity contribution in [2.24, 2.45) is 0 Å². The molecule has 0 aliphatic rings. The summed E-state index contributed by atoms with van der Waals surface area (Å²) in [4.78, 5) is 11.2. The molecule has 1 unspecified atom stereocenters. The molecule has 0 fully saturated rings. The smallest absolute Gasteiger partial charge is 0.373 e. The minimum atomic E-state index is -0.734. The lowest BCUT2D eigenvalue weighted by molar-refractivity contribution is 0.0558. The van der Waals surface area contributed by atoms with E-state index in [2.05, 4.69) is 4.74 Å². The number of rotatable bonds is 4. The van der Waals surface area contributed by atoms with Crippen molar-refractivity contribution in [3.05, 3.63) is 53.5 Å². The fourth-order valence-electron chi connectivity index (χ4n) is 1.64. The summed E-state index contributed by atoms with van der Waals surface area (Å²) in [6.07, 6.45) is -0.616. The number of hydrogen-bond donors (Lipinski definition) is 0. The van der Waals surface area contributed by atoms with E-state index in [0.717, 1.165) is 18.2 Å². The quantitative estimate of drug-likeness (QED) is 0.805. The van der Waals surface area contributed by atoms with Crippen molar-refractivity contribution in [3.63, 3.8) is 0 Å². The van der Waals surface area contributed by atoms with Crippen LogP contribution in [0.25, 0.3) is 0 Å². The average molecular weight is 282 g/mol. The summed E-state index contributed by atoms with van der Waals surface area (Å²) >= 11 is 0. The molecule has 1 heterocycles. The Hall–Kier alpha value is -2.37. The highest BCUT2D eigenvalue weighted by molar-refractivity contribution is 5.86. The van der Waals surface area contributed by atoms with Gasteiger partial charge >= 0.3 is 5.97 Å². The summed E-state index contributed by atoms with van der Waals surface area (Å²) < 4.78 is 41.2. The molecular weight excluding hydrogens is 270 g/mol. The molecule has 0 spiro atoms. The largest absolute Gasteiger partial charge is 0.483 e. The van der Waals surface area contributed by atoms with Crippen LogP contribution in [-0.2, 0) is 4.74 Å². The van der Waals surface area contributed by atoms with Gasteiger partial charge in [-0.1, -0.05) is 0 Å². The standard InChI is InChI=1S/C14H12F2O4/c1-8(12-3-4-13(20-12)14(17)18-2)19-11-6-9(15)5-10(16)7-11/h3-8H,1-2H3. The first-order valence-corrected chi connectivity index (χ1v) is 5.80. The van der Waals surface area contributed by atoms with Crippen LogP contribution < -0.4 is 4.74 Å². The summed E-state index contributed by atoms with van der Waals surface area (Å²) in [6, 6.07) is 5.84. The Morgan fingerprint density at radius 3 is 2.45 bits per heavy atom. The molecule has 106 valence electrons. The van der Waals surface area contributed by atoms with Crippen molar-refractivity contribution in [2.75, 3.05) is 7.11 Å². The van der Waals surface area contributed by atoms with Crippen molar-refractivity contribution in [3.8, 4) is 5.75 Å². The second-order valence-electron chi connectivity index (χ2n) is 4.06. The number of esters is 1. The van der Waals surface area contributed by atoms with Gasteiger partial charge < -0.3 is 13.9 Å². The van der Waals surface area contributed by atoms with Gasteiger partial charge in [0.05, 0.1) is 7.11 Å². The first kappa shape index (κ1) is 14.0. The number of furan rings is 1. The second-order valence-corrected chi connectivity index (χ2v) is 4.06. The zero-order valence-corrected chi connectivity index (χ0v) is 10.9. The number of benzene rings is 1. The highest BCUT2D eigenvalue weighted by Crippen LogP contribution is 2.25. The minimum absolute atomic E-state index is 0.0309. The summed E-state index contributed by atoms with van der Waals surface area (Å²) in [5, 5.41) is 0. The number of hydrogen-bond acceptors (Lipinski definition) is 4. The summed E-state index contributed by atoms with van der Waals surface area (Å²) in [6.45, 7) is 1.63. The Labute approximate surface area is 113 Å². The first-order chi connectivity index (χ1) is 9.49. The second kappa shape index (κ2) is 5.73. The zero-order valence-electron chi connectivity index (χ0n) is 10.9. The average Bonchev–Trinajstić information content (AvgIpc) is 2.86. The van der Waals surface area contributed by atoms with E-state index in [4.69, 9.17) is 9.15 Å². The molecule has 0 aliphatic heterocycles. The number of carbonyl (C=O) groups excluding carboxylic acids is 1. The number of halogens is 2. The third kappa shape index (κ3) is 3.14. The van der Waals surface area contributed by atoms with Crippen LogP contribution in [0.5, 0.6) is 5.75 Å². The van der Waals surface area contributed by atoms with Crippen LogP contribution in [0.2, 0.25) is 0 Å². The van der Waals surface area contributed by atoms with Gasteiger partial charge in [-0.05, 0) is 19.1 Å². The van der Waals surface area contributed by atoms with E-state index in [9.17, 15) is 13.6 Å². The van der Waals surface area contributed by atoms with Crippen LogP contribution in [0, 0.1) is 11.6 Å². The maximum absolute atomic E-state index is 13.0. The summed E-state index contributed by atoms with van der Waals surface area (Å²) in [5.41, 5.74) is 0. The maximum atomic E-state index is 13.0. The third-order valence-corrected chi connectivity index (χ3v) is 2.56. The number of carbonyl (C=O) groups is 1. The monoisotopic (exact) mass is 282 g/mol. The molecule has 0 amide bonds. The van der Waals surface area contributed by atoms with Gasteiger partial charge in [0.2, 0.25) is 5.76 Å². The third-order valence-electron chi connectivity index (χ3n) is 2.56. The SMILES string of the molecule is COC(=O)c1ccc(C(C)Oc2cc(F)cc(F)c2)o1. The Kier molecular flexibility index (Phi) is 4.02. The molecule has 0 bridgehead atoms. The van der Waals surface area contributed by atoms with Gasteiger partial charge in [0.25, 0.3) is 0 Å². The van der Waals surface area contributed by atoms with Crippen molar-refractivity contribution < 1.29 is 27.5 Å². The predicted octanol–water partition coefficient (Wildman–Crippen LogP) is 3.48. The molecule has 0 saturated carbocycles. The Morgan fingerprint density at radius 1 is 1.20 bits per heavy atom. The minimum Gasteiger partial charge on any atom is -0.483 e. The maximum Gasteiger partial charge on any atom is 0.373 e. The molecule has 20 heavy (non-hydrogen) atoms. The molecule has 0 radical (unpaired) electrons. The van der Waals surface area contributed by atoms with Crippen LogP contribution >= 0.6 is 0 Å². The molecule has 4 nitrogen and oxygen atoms in total. The van der Waals surface area contributed by atoms with E-state index in [1.54, 1.807) is 6.92 Å². The fraction of sp³-hybridized carbons (Fsp3) is 0.214. The summed E-state index contributed by atoms with van der Waals surface area (Å²) in [5.74, 6) is -1.67. The van der Waals surface area contributed by atoms with Gasteiger partial charge in [0.1, 0.15) is 23.1 Å². The number of methoxy groups -OCH3 is 1. The number of ether oxygens (including phenoxy) is 2. The molecule has 1 atom stereocenters. The molecule has 0 saturated heterocycles. The molecule has 0 N–H and O–H groups in total. The van der Waals surface area contributed by atoms with Gasteiger partial charge in [-0.15, -0.1) is 0 Å². The van der Waals surface area contributed by atoms with Crippen LogP contribution in [0.3, 0.4) is 0 Å². The van der Waals surface area contributed by atoms with E-state index >= 15 is 0 Å². The first-order valence-electron chi connectivity index (χ1n) is 5.80. The normalized spacial score (nSPS) is 12.0. The lowest BCUT2D eigenvalue weighted by Crippen LogP contribution is -2.03. The van der Waals surface area contributed by atoms with Crippen LogP contribution in [-0.4, -0.2) is 13.1 Å². The van der Waals surface area contributed by atoms with Crippen LogP contribution in [0.1, 0.15) is 29.3 Å². The van der Waals surface area contributed by atoms with Crippen LogP contribution in [0.15, 0.2) is 34.7 Å². The van der Waals surface area contributed by atoms with Crippen molar-refractivity contribution in [1.82, 2.24) is 0 Å². The molecule has 6 heteroatoms. The Bertz CT molecular complexity index is 601. The van der Waals surface area contributed by atoms with E-state index in [0.29, 0.717) is 5.76 Å². The Balaban J connectivity index is 2.13. The lowest BCUT2D eigenvalue weighted by atomic mass is 10.3. The molecule has 1 aromatic carbocycles. The highest BCUT2D eigenvalue weighted by Gasteiger charge is 2.17.